The van der Waals surface area contributed by atoms with Crippen molar-refractivity contribution < 1.29 is 4.79 Å². The molecule has 1 unspecified atom stereocenters. The van der Waals surface area contributed by atoms with Crippen molar-refractivity contribution in [2.75, 3.05) is 5.75 Å². The summed E-state index contributed by atoms with van der Waals surface area (Å²) in [6.07, 6.45) is 4.28. The molecule has 1 amide bonds. The zero-order valence-electron chi connectivity index (χ0n) is 16.2. The summed E-state index contributed by atoms with van der Waals surface area (Å²) >= 11 is 1.35. The summed E-state index contributed by atoms with van der Waals surface area (Å²) < 4.78 is 3.59. The van der Waals surface area contributed by atoms with Crippen LogP contribution in [-0.4, -0.2) is 36.9 Å². The van der Waals surface area contributed by atoms with Crippen LogP contribution in [0.15, 0.2) is 34.2 Å². The van der Waals surface area contributed by atoms with Gasteiger partial charge in [0, 0.05) is 12.6 Å². The van der Waals surface area contributed by atoms with E-state index < -0.39 is 0 Å². The standard InChI is InChI=1S/C20H25N5O2S/c1-3-4-11-24-18(27)15-7-5-6-8-16(15)25-19(24)22-23-20(25)28-12-17(26)21-13(2)14-9-10-14/h5-8,13-14H,3-4,9-12H2,1-2H3,(H,21,26). The largest absolute Gasteiger partial charge is 0.353 e. The molecule has 1 saturated carbocycles. The Morgan fingerprint density at radius 1 is 1.32 bits per heavy atom. The number of carbonyl (C=O) groups excluding carboxylic acids is 1. The predicted molar refractivity (Wildman–Crippen MR) is 111 cm³/mol. The fourth-order valence-corrected chi connectivity index (χ4v) is 4.24. The van der Waals surface area contributed by atoms with Crippen molar-refractivity contribution in [2.24, 2.45) is 5.92 Å². The van der Waals surface area contributed by atoms with E-state index in [1.165, 1.54) is 24.6 Å². The number of fused-ring (bicyclic) bond motifs is 3. The van der Waals surface area contributed by atoms with Gasteiger partial charge in [0.1, 0.15) is 0 Å². The molecule has 7 nitrogen and oxygen atoms in total. The molecule has 2 heterocycles. The average molecular weight is 400 g/mol. The highest BCUT2D eigenvalue weighted by molar-refractivity contribution is 7.99. The molecule has 0 saturated heterocycles. The van der Waals surface area contributed by atoms with Crippen LogP contribution in [0.2, 0.25) is 0 Å². The molecule has 0 radical (unpaired) electrons. The van der Waals surface area contributed by atoms with Crippen molar-refractivity contribution in [1.82, 2.24) is 24.5 Å². The summed E-state index contributed by atoms with van der Waals surface area (Å²) in [5.41, 5.74) is 0.728. The molecule has 1 aliphatic rings. The fourth-order valence-electron chi connectivity index (χ4n) is 3.48. The molecule has 3 aromatic rings. The minimum atomic E-state index is -0.0449. The number of rotatable bonds is 8. The summed E-state index contributed by atoms with van der Waals surface area (Å²) in [6, 6.07) is 7.72. The number of amides is 1. The van der Waals surface area contributed by atoms with Gasteiger partial charge in [0.05, 0.1) is 16.7 Å². The molecule has 8 heteroatoms. The third-order valence-electron chi connectivity index (χ3n) is 5.26. The van der Waals surface area contributed by atoms with Crippen LogP contribution < -0.4 is 10.9 Å². The lowest BCUT2D eigenvalue weighted by Gasteiger charge is -2.12. The van der Waals surface area contributed by atoms with E-state index in [4.69, 9.17) is 0 Å². The molecule has 148 valence electrons. The van der Waals surface area contributed by atoms with Crippen LogP contribution in [-0.2, 0) is 11.3 Å². The number of aromatic nitrogens is 4. The Labute approximate surface area is 167 Å². The second-order valence-electron chi connectivity index (χ2n) is 7.43. The molecule has 1 N–H and O–H groups in total. The third kappa shape index (κ3) is 3.65. The van der Waals surface area contributed by atoms with E-state index in [-0.39, 0.29) is 23.3 Å². The van der Waals surface area contributed by atoms with Crippen molar-refractivity contribution in [2.45, 2.75) is 57.3 Å². The average Bonchev–Trinajstić information content (AvgIpc) is 3.47. The smallest absolute Gasteiger partial charge is 0.262 e. The maximum Gasteiger partial charge on any atom is 0.262 e. The van der Waals surface area contributed by atoms with Gasteiger partial charge in [0.2, 0.25) is 11.7 Å². The van der Waals surface area contributed by atoms with E-state index in [0.717, 1.165) is 18.4 Å². The summed E-state index contributed by atoms with van der Waals surface area (Å²) in [5.74, 6) is 1.44. The minimum absolute atomic E-state index is 0.00441. The quantitative estimate of drug-likeness (QED) is 0.589. The van der Waals surface area contributed by atoms with Crippen LogP contribution in [0.25, 0.3) is 16.7 Å². The molecule has 1 atom stereocenters. The fraction of sp³-hybridized carbons (Fsp3) is 0.500. The van der Waals surface area contributed by atoms with E-state index in [2.05, 4.69) is 29.4 Å². The highest BCUT2D eigenvalue weighted by atomic mass is 32.2. The maximum absolute atomic E-state index is 12.9. The van der Waals surface area contributed by atoms with Gasteiger partial charge in [0.15, 0.2) is 5.16 Å². The Morgan fingerprint density at radius 2 is 2.11 bits per heavy atom. The molecule has 0 spiro atoms. The number of nitrogens with one attached hydrogen (secondary N) is 1. The Bertz CT molecular complexity index is 1070. The highest BCUT2D eigenvalue weighted by Gasteiger charge is 2.29. The number of unbranched alkanes of at least 4 members (excludes halogenated alkanes) is 1. The molecular weight excluding hydrogens is 374 g/mol. The third-order valence-corrected chi connectivity index (χ3v) is 6.19. The number of carbonyl (C=O) groups is 1. The van der Waals surface area contributed by atoms with Gasteiger partial charge in [-0.05, 0) is 44.2 Å². The van der Waals surface area contributed by atoms with E-state index >= 15 is 0 Å². The maximum atomic E-state index is 12.9. The zero-order valence-corrected chi connectivity index (χ0v) is 17.0. The van der Waals surface area contributed by atoms with Crippen LogP contribution in [0.4, 0.5) is 0 Å². The van der Waals surface area contributed by atoms with Gasteiger partial charge < -0.3 is 5.32 Å². The van der Waals surface area contributed by atoms with E-state index in [0.29, 0.717) is 28.8 Å². The van der Waals surface area contributed by atoms with Gasteiger partial charge >= 0.3 is 0 Å². The van der Waals surface area contributed by atoms with Crippen molar-refractivity contribution in [3.8, 4) is 0 Å². The number of aryl methyl sites for hydroxylation is 1. The van der Waals surface area contributed by atoms with Crippen molar-refractivity contribution in [1.29, 1.82) is 0 Å². The van der Waals surface area contributed by atoms with Crippen LogP contribution in [0, 0.1) is 5.92 Å². The molecule has 4 rings (SSSR count). The van der Waals surface area contributed by atoms with Gasteiger partial charge in [-0.1, -0.05) is 37.2 Å². The van der Waals surface area contributed by atoms with Gasteiger partial charge in [-0.15, -0.1) is 10.2 Å². The molecule has 1 aromatic carbocycles. The Hall–Kier alpha value is -2.35. The molecule has 0 bridgehead atoms. The second-order valence-corrected chi connectivity index (χ2v) is 8.37. The van der Waals surface area contributed by atoms with Gasteiger partial charge in [-0.3, -0.25) is 18.6 Å². The molecule has 0 aliphatic heterocycles. The lowest BCUT2D eigenvalue weighted by atomic mass is 10.2. The van der Waals surface area contributed by atoms with Gasteiger partial charge in [-0.2, -0.15) is 0 Å². The normalized spacial score (nSPS) is 15.2. The van der Waals surface area contributed by atoms with E-state index in [9.17, 15) is 9.59 Å². The SMILES string of the molecule is CCCCn1c(=O)c2ccccc2n2c(SCC(=O)NC(C)C3CC3)nnc12. The summed E-state index contributed by atoms with van der Waals surface area (Å²) in [4.78, 5) is 25.2. The lowest BCUT2D eigenvalue weighted by Crippen LogP contribution is -2.35. The zero-order chi connectivity index (χ0) is 19.7. The number of thioether (sulfide) groups is 1. The van der Waals surface area contributed by atoms with E-state index in [1.807, 2.05) is 28.7 Å². The number of hydrogen-bond donors (Lipinski definition) is 1. The number of benzene rings is 1. The predicted octanol–water partition coefficient (Wildman–Crippen LogP) is 2.85. The highest BCUT2D eigenvalue weighted by Crippen LogP contribution is 2.32. The summed E-state index contributed by atoms with van der Waals surface area (Å²) in [5, 5.41) is 12.9. The number of nitrogens with zero attached hydrogens (tertiary/aromatic N) is 4. The van der Waals surface area contributed by atoms with Crippen LogP contribution in [0.5, 0.6) is 0 Å². The van der Waals surface area contributed by atoms with Crippen LogP contribution in [0.1, 0.15) is 39.5 Å². The number of hydrogen-bond acceptors (Lipinski definition) is 5. The van der Waals surface area contributed by atoms with Crippen LogP contribution in [0.3, 0.4) is 0 Å². The topological polar surface area (TPSA) is 81.3 Å². The Balaban J connectivity index is 1.66. The molecular formula is C20H25N5O2S. The monoisotopic (exact) mass is 399 g/mol. The second kappa shape index (κ2) is 7.95. The van der Waals surface area contributed by atoms with Crippen molar-refractivity contribution >= 4 is 34.3 Å². The molecule has 2 aromatic heterocycles. The first-order valence-electron chi connectivity index (χ1n) is 9.89. The van der Waals surface area contributed by atoms with Crippen LogP contribution >= 0.6 is 11.8 Å². The first-order valence-corrected chi connectivity index (χ1v) is 10.9. The van der Waals surface area contributed by atoms with Gasteiger partial charge in [0.25, 0.3) is 5.56 Å². The lowest BCUT2D eigenvalue weighted by molar-refractivity contribution is -0.119. The first kappa shape index (κ1) is 19.0. The summed E-state index contributed by atoms with van der Waals surface area (Å²) in [6.45, 7) is 4.76. The Kier molecular flexibility index (Phi) is 5.39. The first-order chi connectivity index (χ1) is 13.6. The number of para-hydroxylation sites is 1. The van der Waals surface area contributed by atoms with E-state index in [1.54, 1.807) is 4.57 Å². The minimum Gasteiger partial charge on any atom is -0.353 e. The molecule has 1 aliphatic carbocycles. The van der Waals surface area contributed by atoms with Gasteiger partial charge in [-0.25, -0.2) is 0 Å². The molecule has 1 fully saturated rings. The molecule has 28 heavy (non-hydrogen) atoms. The summed E-state index contributed by atoms with van der Waals surface area (Å²) in [7, 11) is 0. The van der Waals surface area contributed by atoms with Crippen molar-refractivity contribution in [3.05, 3.63) is 34.6 Å². The Morgan fingerprint density at radius 3 is 2.86 bits per heavy atom. The van der Waals surface area contributed by atoms with Crippen molar-refractivity contribution in [3.63, 3.8) is 0 Å².